The number of hydrogen-bond acceptors (Lipinski definition) is 15. The van der Waals surface area contributed by atoms with E-state index in [1.807, 2.05) is 50.2 Å². The summed E-state index contributed by atoms with van der Waals surface area (Å²) < 4.78 is 21.0. The Labute approximate surface area is 459 Å². The van der Waals surface area contributed by atoms with Gasteiger partial charge in [0.05, 0.1) is 35.4 Å². The van der Waals surface area contributed by atoms with Crippen molar-refractivity contribution in [3.05, 3.63) is 89.2 Å². The lowest BCUT2D eigenvalue weighted by molar-refractivity contribution is 0.0955. The summed E-state index contributed by atoms with van der Waals surface area (Å²) in [5, 5.41) is 6.65. The summed E-state index contributed by atoms with van der Waals surface area (Å²) in [5.41, 5.74) is 18.2. The third-order valence-corrected chi connectivity index (χ3v) is 14.1. The van der Waals surface area contributed by atoms with Crippen LogP contribution in [0.4, 0.5) is 17.6 Å². The number of piperidine rings is 1. The Morgan fingerprint density at radius 2 is 1.09 bits per heavy atom. The number of fused-ring (bicyclic) bond motifs is 2. The maximum atomic E-state index is 12.0. The van der Waals surface area contributed by atoms with Crippen molar-refractivity contribution in [3.63, 3.8) is 0 Å². The summed E-state index contributed by atoms with van der Waals surface area (Å²) in [5.74, 6) is 1.06. The number of nitrogens with zero attached hydrogens (tertiary/aromatic N) is 7. The molecule has 1 aliphatic carbocycles. The summed E-state index contributed by atoms with van der Waals surface area (Å²) in [6, 6.07) is 21.9. The highest BCUT2D eigenvalue weighted by Crippen LogP contribution is 2.43. The zero-order chi connectivity index (χ0) is 53.6. The first-order valence-electron chi connectivity index (χ1n) is 26.6. The lowest BCUT2D eigenvalue weighted by Crippen LogP contribution is -2.41. The monoisotopic (exact) mass is 1080 g/mol. The van der Waals surface area contributed by atoms with Crippen LogP contribution in [0.1, 0.15) is 119 Å². The molecule has 6 N–H and O–H groups in total. The largest absolute Gasteiger partial charge is 0.383 e. The highest BCUT2D eigenvalue weighted by atomic mass is 35.5. The number of halogens is 2. The highest BCUT2D eigenvalue weighted by Gasteiger charge is 2.39. The van der Waals surface area contributed by atoms with Gasteiger partial charge < -0.3 is 45.9 Å². The first-order chi connectivity index (χ1) is 36.4. The van der Waals surface area contributed by atoms with E-state index in [4.69, 9.17) is 52.0 Å². The molecular weight excluding hydrogens is 1010 g/mol. The second-order valence-electron chi connectivity index (χ2n) is 19.3. The molecule has 4 aromatic heterocycles. The standard InChI is InChI=1S/C23H26N6O2.C15H12ClN5O.C9H16O.2C5H12O.ClH/c1-25-21(30)16-4-2-3-15(13-16)18-6-5-17-19(24)27-22(28-20(17)26-18)29-10-7-23(8-11-29)9-12-31-14-23;1-18-14(22)9-4-2-3-8(7-9)11-6-5-10-12(17)20-15(16)21-13(10)19-11;1-2-4-9(5-3-1)6-7-10-8-9;2*1-3-5-6-4-2;/h2-6,13H,7-12,14H2,1H3,(H,25,30)(H2,24,26,27,28);2-7H,1H3,(H,18,22)(H2,17,19,20,21);1-8H2;2*3-5H2,1-2H3;1H. The van der Waals surface area contributed by atoms with Gasteiger partial charge in [0.1, 0.15) is 11.6 Å². The van der Waals surface area contributed by atoms with Crippen molar-refractivity contribution in [1.29, 1.82) is 0 Å². The zero-order valence-electron chi connectivity index (χ0n) is 45.3. The minimum Gasteiger partial charge on any atom is -0.383 e. The van der Waals surface area contributed by atoms with Crippen molar-refractivity contribution in [2.45, 2.75) is 98.3 Å². The van der Waals surface area contributed by atoms with Crippen LogP contribution in [-0.2, 0) is 18.9 Å². The fourth-order valence-electron chi connectivity index (χ4n) is 9.57. The minimum atomic E-state index is -0.155. The number of aromatic nitrogens is 6. The first-order valence-corrected chi connectivity index (χ1v) is 27.0. The molecule has 76 heavy (non-hydrogen) atoms. The third kappa shape index (κ3) is 17.1. The van der Waals surface area contributed by atoms with Gasteiger partial charge >= 0.3 is 0 Å². The number of amides is 2. The molecule has 2 spiro atoms. The van der Waals surface area contributed by atoms with Crippen LogP contribution in [0, 0.1) is 10.8 Å². The molecule has 2 aromatic carbocycles. The van der Waals surface area contributed by atoms with Crippen LogP contribution in [0.15, 0.2) is 72.8 Å². The quantitative estimate of drug-likeness (QED) is 0.0699. The lowest BCUT2D eigenvalue weighted by Gasteiger charge is -2.38. The number of benzene rings is 2. The molecule has 10 rings (SSSR count). The predicted molar refractivity (Wildman–Crippen MR) is 307 cm³/mol. The van der Waals surface area contributed by atoms with E-state index in [9.17, 15) is 9.59 Å². The summed E-state index contributed by atoms with van der Waals surface area (Å²) >= 11 is 5.81. The average Bonchev–Trinajstić information content (AvgIpc) is 4.11. The maximum Gasteiger partial charge on any atom is 0.251 e. The molecule has 3 aliphatic heterocycles. The Balaban J connectivity index is 0.000000204. The minimum absolute atomic E-state index is 0. The van der Waals surface area contributed by atoms with Crippen LogP contribution in [0.5, 0.6) is 0 Å². The molecule has 7 heterocycles. The molecule has 19 heteroatoms. The van der Waals surface area contributed by atoms with E-state index in [1.54, 1.807) is 50.5 Å². The first kappa shape index (κ1) is 61.0. The van der Waals surface area contributed by atoms with Crippen molar-refractivity contribution in [3.8, 4) is 22.5 Å². The van der Waals surface area contributed by atoms with Crippen molar-refractivity contribution in [2.75, 3.05) is 96.4 Å². The van der Waals surface area contributed by atoms with Gasteiger partial charge in [0.15, 0.2) is 11.3 Å². The van der Waals surface area contributed by atoms with Crippen molar-refractivity contribution in [2.24, 2.45) is 10.8 Å². The second kappa shape index (κ2) is 30.8. The Hall–Kier alpha value is -5.82. The average molecular weight is 1090 g/mol. The van der Waals surface area contributed by atoms with E-state index in [2.05, 4.69) is 49.3 Å². The Morgan fingerprint density at radius 3 is 1.53 bits per heavy atom. The molecular formula is C57H79Cl2N11O6. The van der Waals surface area contributed by atoms with Gasteiger partial charge in [-0.15, -0.1) is 12.4 Å². The van der Waals surface area contributed by atoms with Gasteiger partial charge in [0.2, 0.25) is 11.2 Å². The van der Waals surface area contributed by atoms with E-state index in [0.717, 1.165) is 120 Å². The number of hydrogen-bond donors (Lipinski definition) is 4. The van der Waals surface area contributed by atoms with Gasteiger partial charge in [-0.3, -0.25) is 9.59 Å². The van der Waals surface area contributed by atoms with Crippen LogP contribution >= 0.6 is 24.0 Å². The number of anilines is 3. The molecule has 6 aromatic rings. The van der Waals surface area contributed by atoms with Crippen LogP contribution < -0.4 is 27.0 Å². The number of carbonyl (C=O) groups is 2. The fourth-order valence-corrected chi connectivity index (χ4v) is 9.74. The molecule has 4 aliphatic rings. The van der Waals surface area contributed by atoms with Crippen molar-refractivity contribution in [1.82, 2.24) is 40.5 Å². The fraction of sp³-hybridized carbons (Fsp3) is 0.509. The van der Waals surface area contributed by atoms with Gasteiger partial charge in [0, 0.05) is 89.1 Å². The number of nitrogen functional groups attached to an aromatic ring is 2. The van der Waals surface area contributed by atoms with Crippen LogP contribution in [0.2, 0.25) is 5.28 Å². The van der Waals surface area contributed by atoms with Gasteiger partial charge in [-0.2, -0.15) is 15.0 Å². The third-order valence-electron chi connectivity index (χ3n) is 13.9. The van der Waals surface area contributed by atoms with Gasteiger partial charge in [-0.05, 0) is 136 Å². The molecule has 0 unspecified atom stereocenters. The number of nitrogens with two attached hydrogens (primary N) is 2. The summed E-state index contributed by atoms with van der Waals surface area (Å²) in [6.45, 7) is 17.4. The molecule has 412 valence electrons. The molecule has 2 amide bonds. The number of ether oxygens (including phenoxy) is 4. The number of nitrogens with one attached hydrogen (secondary N) is 2. The van der Waals surface area contributed by atoms with E-state index in [0.29, 0.717) is 56.1 Å². The summed E-state index contributed by atoms with van der Waals surface area (Å²) in [4.78, 5) is 52.4. The van der Waals surface area contributed by atoms with Crippen molar-refractivity contribution < 1.29 is 28.5 Å². The maximum absolute atomic E-state index is 12.0. The molecule has 4 fully saturated rings. The number of pyridine rings is 2. The van der Waals surface area contributed by atoms with Gasteiger partial charge in [-0.1, -0.05) is 57.4 Å². The Kier molecular flexibility index (Phi) is 24.7. The Morgan fingerprint density at radius 1 is 0.618 bits per heavy atom. The van der Waals surface area contributed by atoms with E-state index in [-0.39, 0.29) is 35.3 Å². The Bertz CT molecular complexity index is 2740. The molecule has 1 saturated carbocycles. The second-order valence-corrected chi connectivity index (χ2v) is 19.6. The highest BCUT2D eigenvalue weighted by molar-refractivity contribution is 6.28. The molecule has 0 atom stereocenters. The zero-order valence-corrected chi connectivity index (χ0v) is 46.9. The summed E-state index contributed by atoms with van der Waals surface area (Å²) in [7, 11) is 3.21. The van der Waals surface area contributed by atoms with E-state index < -0.39 is 0 Å². The molecule has 3 saturated heterocycles. The van der Waals surface area contributed by atoms with E-state index >= 15 is 0 Å². The van der Waals surface area contributed by atoms with Crippen molar-refractivity contribution >= 4 is 75.5 Å². The molecule has 17 nitrogen and oxygen atoms in total. The number of rotatable bonds is 11. The lowest BCUT2D eigenvalue weighted by atomic mass is 9.74. The van der Waals surface area contributed by atoms with Crippen LogP contribution in [-0.4, -0.2) is 122 Å². The topological polar surface area (TPSA) is 228 Å². The predicted octanol–water partition coefficient (Wildman–Crippen LogP) is 10.6. The van der Waals surface area contributed by atoms with E-state index in [1.165, 1.54) is 38.5 Å². The normalized spacial score (nSPS) is 15.9. The molecule has 0 radical (unpaired) electrons. The van der Waals surface area contributed by atoms with Crippen LogP contribution in [0.3, 0.4) is 0 Å². The van der Waals surface area contributed by atoms with Gasteiger partial charge in [0.25, 0.3) is 11.8 Å². The molecule has 0 bridgehead atoms. The van der Waals surface area contributed by atoms with Crippen LogP contribution in [0.25, 0.3) is 44.6 Å². The SMILES string of the molecule is C1CCC2(CC1)CCOC2.CCCOCC.CCCOCC.CNC(=O)c1cccc(-c2ccc3c(N)nc(Cl)nc3n2)c1.CNC(=O)c1cccc(-c2ccc3c(N)nc(N4CCC5(CCOC5)CC4)nc3n2)c1.Cl. The summed E-state index contributed by atoms with van der Waals surface area (Å²) in [6.07, 6.45) is 14.1. The smallest absolute Gasteiger partial charge is 0.251 e. The number of carbonyl (C=O) groups excluding carboxylic acids is 2. The van der Waals surface area contributed by atoms with Gasteiger partial charge in [-0.25, -0.2) is 15.0 Å².